The molecule has 8 N–H and O–H groups in total. The van der Waals surface area contributed by atoms with Crippen LogP contribution in [0.1, 0.15) is 45.2 Å². The fourth-order valence-corrected chi connectivity index (χ4v) is 3.81. The third kappa shape index (κ3) is 7.27. The molecule has 0 radical (unpaired) electrons. The Hall–Kier alpha value is -3.48. The smallest absolute Gasteiger partial charge is 0.326 e. The number of amides is 4. The van der Waals surface area contributed by atoms with E-state index in [1.807, 2.05) is 0 Å². The summed E-state index contributed by atoms with van der Waals surface area (Å²) >= 11 is 0. The van der Waals surface area contributed by atoms with E-state index in [0.717, 1.165) is 0 Å². The number of carbonyl (C=O) groups excluding carboxylic acids is 4. The van der Waals surface area contributed by atoms with Crippen LogP contribution in [0.3, 0.4) is 0 Å². The molecular formula is C21H33N7O6. The number of carboxylic acids is 1. The largest absolute Gasteiger partial charge is 0.480 e. The molecule has 4 amide bonds. The summed E-state index contributed by atoms with van der Waals surface area (Å²) in [6.07, 6.45) is 3.78. The van der Waals surface area contributed by atoms with E-state index in [1.54, 1.807) is 13.8 Å². The Balaban J connectivity index is 2.12. The van der Waals surface area contributed by atoms with Crippen molar-refractivity contribution in [2.45, 2.75) is 70.1 Å². The summed E-state index contributed by atoms with van der Waals surface area (Å²) in [4.78, 5) is 69.6. The highest BCUT2D eigenvalue weighted by Gasteiger charge is 2.39. The number of aromatic nitrogens is 2. The summed E-state index contributed by atoms with van der Waals surface area (Å²) in [5, 5.41) is 14.4. The minimum Gasteiger partial charge on any atom is -0.480 e. The number of rotatable bonds is 12. The lowest BCUT2D eigenvalue weighted by Crippen LogP contribution is -2.57. The van der Waals surface area contributed by atoms with Crippen molar-refractivity contribution in [2.24, 2.45) is 17.4 Å². The number of imidazole rings is 1. The summed E-state index contributed by atoms with van der Waals surface area (Å²) in [6, 6.07) is -4.10. The van der Waals surface area contributed by atoms with E-state index in [-0.39, 0.29) is 31.7 Å². The zero-order valence-corrected chi connectivity index (χ0v) is 19.3. The maximum Gasteiger partial charge on any atom is 0.326 e. The molecule has 1 aromatic rings. The van der Waals surface area contributed by atoms with Crippen LogP contribution in [0.25, 0.3) is 0 Å². The molecule has 34 heavy (non-hydrogen) atoms. The SMILES string of the molecule is CC(C)C(NC(=O)C1CCCN1C(=O)C(CCC(N)=O)NC(=O)C(N)Cc1cnc[nH]1)C(=O)O. The molecule has 4 unspecified atom stereocenters. The number of carboxylic acid groups (broad SMARTS) is 1. The quantitative estimate of drug-likeness (QED) is 0.202. The van der Waals surface area contributed by atoms with Crippen LogP contribution in [0.5, 0.6) is 0 Å². The number of primary amides is 1. The molecule has 0 bridgehead atoms. The van der Waals surface area contributed by atoms with Gasteiger partial charge in [0.15, 0.2) is 0 Å². The van der Waals surface area contributed by atoms with E-state index in [9.17, 15) is 29.1 Å². The average molecular weight is 480 g/mol. The number of hydrogen-bond acceptors (Lipinski definition) is 7. The lowest BCUT2D eigenvalue weighted by molar-refractivity contribution is -0.145. The zero-order valence-electron chi connectivity index (χ0n) is 19.3. The fraction of sp³-hybridized carbons (Fsp3) is 0.619. The Morgan fingerprint density at radius 3 is 2.53 bits per heavy atom. The Kier molecular flexibility index (Phi) is 9.54. The fourth-order valence-electron chi connectivity index (χ4n) is 3.81. The van der Waals surface area contributed by atoms with E-state index in [1.165, 1.54) is 17.4 Å². The molecule has 1 aliphatic rings. The van der Waals surface area contributed by atoms with Gasteiger partial charge < -0.3 is 37.1 Å². The molecule has 0 aliphatic carbocycles. The molecule has 13 nitrogen and oxygen atoms in total. The van der Waals surface area contributed by atoms with Gasteiger partial charge in [0.25, 0.3) is 0 Å². The van der Waals surface area contributed by atoms with E-state index in [4.69, 9.17) is 11.5 Å². The van der Waals surface area contributed by atoms with Gasteiger partial charge in [0.2, 0.25) is 23.6 Å². The van der Waals surface area contributed by atoms with Crippen molar-refractivity contribution in [1.82, 2.24) is 25.5 Å². The second kappa shape index (κ2) is 12.1. The van der Waals surface area contributed by atoms with Gasteiger partial charge in [-0.25, -0.2) is 9.78 Å². The maximum atomic E-state index is 13.3. The molecule has 188 valence electrons. The van der Waals surface area contributed by atoms with Crippen molar-refractivity contribution in [3.63, 3.8) is 0 Å². The zero-order chi connectivity index (χ0) is 25.4. The number of carbonyl (C=O) groups is 5. The Morgan fingerprint density at radius 2 is 1.97 bits per heavy atom. The molecule has 0 saturated carbocycles. The Labute approximate surface area is 197 Å². The minimum atomic E-state index is -1.17. The van der Waals surface area contributed by atoms with E-state index >= 15 is 0 Å². The molecule has 1 aromatic heterocycles. The van der Waals surface area contributed by atoms with Crippen molar-refractivity contribution in [3.05, 3.63) is 18.2 Å². The molecular weight excluding hydrogens is 446 g/mol. The number of aromatic amines is 1. The highest BCUT2D eigenvalue weighted by molar-refractivity contribution is 5.94. The molecule has 0 spiro atoms. The van der Waals surface area contributed by atoms with Gasteiger partial charge in [0.1, 0.15) is 18.1 Å². The molecule has 1 aliphatic heterocycles. The van der Waals surface area contributed by atoms with Crippen molar-refractivity contribution in [1.29, 1.82) is 0 Å². The number of nitrogens with two attached hydrogens (primary N) is 2. The number of likely N-dealkylation sites (tertiary alicyclic amines) is 1. The third-order valence-corrected chi connectivity index (χ3v) is 5.69. The summed E-state index contributed by atoms with van der Waals surface area (Å²) in [5.74, 6) is -3.92. The number of hydrogen-bond donors (Lipinski definition) is 6. The highest BCUT2D eigenvalue weighted by Crippen LogP contribution is 2.20. The maximum absolute atomic E-state index is 13.3. The third-order valence-electron chi connectivity index (χ3n) is 5.69. The van der Waals surface area contributed by atoms with Crippen LogP contribution < -0.4 is 22.1 Å². The van der Waals surface area contributed by atoms with Crippen LogP contribution in [0.2, 0.25) is 0 Å². The van der Waals surface area contributed by atoms with E-state index in [2.05, 4.69) is 20.6 Å². The van der Waals surface area contributed by atoms with Crippen LogP contribution in [0.4, 0.5) is 0 Å². The molecule has 2 heterocycles. The normalized spacial score (nSPS) is 18.2. The monoisotopic (exact) mass is 479 g/mol. The van der Waals surface area contributed by atoms with Crippen LogP contribution >= 0.6 is 0 Å². The van der Waals surface area contributed by atoms with Gasteiger partial charge in [-0.2, -0.15) is 0 Å². The molecule has 13 heteroatoms. The van der Waals surface area contributed by atoms with Gasteiger partial charge in [-0.1, -0.05) is 13.8 Å². The van der Waals surface area contributed by atoms with Crippen molar-refractivity contribution in [3.8, 4) is 0 Å². The molecule has 0 aromatic carbocycles. The van der Waals surface area contributed by atoms with Crippen molar-refractivity contribution >= 4 is 29.6 Å². The molecule has 2 rings (SSSR count). The number of H-pyrrole nitrogens is 1. The summed E-state index contributed by atoms with van der Waals surface area (Å²) in [5.41, 5.74) is 11.8. The van der Waals surface area contributed by atoms with Gasteiger partial charge in [-0.15, -0.1) is 0 Å². The number of nitrogens with zero attached hydrogens (tertiary/aromatic N) is 2. The number of aliphatic carboxylic acids is 1. The predicted octanol–water partition coefficient (Wildman–Crippen LogP) is -1.75. The standard InChI is InChI=1S/C21H33N7O6/c1-11(2)17(21(33)34)27-19(31)15-4-3-7-28(15)20(32)14(5-6-16(23)29)26-18(30)13(22)8-12-9-24-10-25-12/h9-11,13-15,17H,3-8,22H2,1-2H3,(H2,23,29)(H,24,25)(H,26,30)(H,27,31)(H,33,34). The first-order chi connectivity index (χ1) is 16.0. The summed E-state index contributed by atoms with van der Waals surface area (Å²) in [7, 11) is 0. The van der Waals surface area contributed by atoms with Gasteiger partial charge in [0, 0.05) is 31.3 Å². The molecule has 1 saturated heterocycles. The highest BCUT2D eigenvalue weighted by atomic mass is 16.4. The van der Waals surface area contributed by atoms with E-state index < -0.39 is 53.8 Å². The van der Waals surface area contributed by atoms with Gasteiger partial charge in [-0.3, -0.25) is 19.2 Å². The lowest BCUT2D eigenvalue weighted by atomic mass is 10.0. The predicted molar refractivity (Wildman–Crippen MR) is 120 cm³/mol. The Morgan fingerprint density at radius 1 is 1.26 bits per heavy atom. The Bertz CT molecular complexity index is 888. The van der Waals surface area contributed by atoms with Gasteiger partial charge in [-0.05, 0) is 25.2 Å². The van der Waals surface area contributed by atoms with Crippen LogP contribution in [-0.2, 0) is 30.4 Å². The minimum absolute atomic E-state index is 0.0642. The first kappa shape index (κ1) is 26.8. The molecule has 1 fully saturated rings. The summed E-state index contributed by atoms with van der Waals surface area (Å²) < 4.78 is 0. The number of nitrogens with one attached hydrogen (secondary N) is 3. The topological polar surface area (TPSA) is 214 Å². The first-order valence-electron chi connectivity index (χ1n) is 11.2. The van der Waals surface area contributed by atoms with Crippen LogP contribution in [0, 0.1) is 5.92 Å². The summed E-state index contributed by atoms with van der Waals surface area (Å²) in [6.45, 7) is 3.58. The average Bonchev–Trinajstić information content (AvgIpc) is 3.45. The lowest BCUT2D eigenvalue weighted by Gasteiger charge is -2.30. The second-order valence-corrected chi connectivity index (χ2v) is 8.71. The second-order valence-electron chi connectivity index (χ2n) is 8.71. The van der Waals surface area contributed by atoms with Crippen molar-refractivity contribution < 1.29 is 29.1 Å². The van der Waals surface area contributed by atoms with E-state index in [0.29, 0.717) is 18.5 Å². The van der Waals surface area contributed by atoms with Gasteiger partial charge in [0.05, 0.1) is 12.4 Å². The van der Waals surface area contributed by atoms with Crippen molar-refractivity contribution in [2.75, 3.05) is 6.54 Å². The van der Waals surface area contributed by atoms with Crippen LogP contribution in [0.15, 0.2) is 12.5 Å². The first-order valence-corrected chi connectivity index (χ1v) is 11.2. The van der Waals surface area contributed by atoms with Gasteiger partial charge >= 0.3 is 5.97 Å². The molecule has 4 atom stereocenters. The van der Waals surface area contributed by atoms with Crippen LogP contribution in [-0.4, -0.2) is 80.3 Å².